The van der Waals surface area contributed by atoms with Crippen LogP contribution in [0.2, 0.25) is 0 Å². The Morgan fingerprint density at radius 3 is 2.47 bits per heavy atom. The first-order valence-electron chi connectivity index (χ1n) is 5.95. The van der Waals surface area contributed by atoms with Crippen molar-refractivity contribution in [2.45, 2.75) is 13.5 Å². The van der Waals surface area contributed by atoms with Crippen LogP contribution in [-0.4, -0.2) is 11.5 Å². The van der Waals surface area contributed by atoms with E-state index in [2.05, 4.69) is 10.3 Å². The van der Waals surface area contributed by atoms with Crippen LogP contribution >= 0.6 is 0 Å². The van der Waals surface area contributed by atoms with Gasteiger partial charge in [0, 0.05) is 36.5 Å². The molecule has 0 unspecified atom stereocenters. The maximum absolute atomic E-state index is 13.0. The normalized spacial score (nSPS) is 10.3. The number of rotatable bonds is 5. The highest BCUT2D eigenvalue weighted by Crippen LogP contribution is 2.17. The van der Waals surface area contributed by atoms with E-state index in [1.54, 1.807) is 6.20 Å². The van der Waals surface area contributed by atoms with Crippen LogP contribution in [0.3, 0.4) is 0 Å². The second kappa shape index (κ2) is 6.13. The van der Waals surface area contributed by atoms with Crippen LogP contribution in [0.1, 0.15) is 12.5 Å². The molecule has 3 nitrogen and oxygen atoms in total. The van der Waals surface area contributed by atoms with E-state index < -0.39 is 11.6 Å². The molecule has 2 aromatic rings. The minimum absolute atomic E-state index is 0.160. The zero-order valence-corrected chi connectivity index (χ0v) is 10.5. The monoisotopic (exact) mass is 264 g/mol. The number of nitrogens with one attached hydrogen (secondary N) is 1. The molecular weight excluding hydrogens is 250 g/mol. The molecular formula is C14H14F2N2O. The third-order valence-electron chi connectivity index (χ3n) is 2.42. The quantitative estimate of drug-likeness (QED) is 0.899. The van der Waals surface area contributed by atoms with Crippen molar-refractivity contribution in [1.82, 2.24) is 4.98 Å². The minimum Gasteiger partial charge on any atom is -0.489 e. The van der Waals surface area contributed by atoms with Gasteiger partial charge in [-0.05, 0) is 13.0 Å². The topological polar surface area (TPSA) is 34.1 Å². The van der Waals surface area contributed by atoms with Crippen molar-refractivity contribution >= 4 is 5.82 Å². The molecule has 0 aliphatic carbocycles. The lowest BCUT2D eigenvalue weighted by atomic mass is 10.3. The van der Waals surface area contributed by atoms with E-state index in [1.807, 2.05) is 19.1 Å². The van der Waals surface area contributed by atoms with E-state index in [9.17, 15) is 8.78 Å². The second-order valence-corrected chi connectivity index (χ2v) is 3.98. The van der Waals surface area contributed by atoms with Crippen molar-refractivity contribution in [3.8, 4) is 5.75 Å². The van der Waals surface area contributed by atoms with Crippen molar-refractivity contribution < 1.29 is 13.5 Å². The lowest BCUT2D eigenvalue weighted by Gasteiger charge is -2.07. The van der Waals surface area contributed by atoms with Gasteiger partial charge in [-0.1, -0.05) is 6.07 Å². The molecule has 1 heterocycles. The Balaban J connectivity index is 1.98. The maximum atomic E-state index is 13.0. The first kappa shape index (κ1) is 13.3. The van der Waals surface area contributed by atoms with Crippen molar-refractivity contribution in [3.63, 3.8) is 0 Å². The fourth-order valence-corrected chi connectivity index (χ4v) is 1.57. The average molecular weight is 264 g/mol. The number of hydrogen-bond donors (Lipinski definition) is 1. The van der Waals surface area contributed by atoms with Gasteiger partial charge in [-0.2, -0.15) is 0 Å². The molecule has 0 saturated carbocycles. The van der Waals surface area contributed by atoms with Gasteiger partial charge in [0.05, 0.1) is 0 Å². The molecule has 0 amide bonds. The van der Waals surface area contributed by atoms with Crippen LogP contribution in [-0.2, 0) is 6.61 Å². The highest BCUT2D eigenvalue weighted by molar-refractivity contribution is 5.35. The average Bonchev–Trinajstić information content (AvgIpc) is 2.37. The molecule has 100 valence electrons. The van der Waals surface area contributed by atoms with Crippen LogP contribution in [0.25, 0.3) is 0 Å². The van der Waals surface area contributed by atoms with E-state index in [4.69, 9.17) is 4.74 Å². The Labute approximate surface area is 110 Å². The summed E-state index contributed by atoms with van der Waals surface area (Å²) in [5.41, 5.74) is 0.825. The minimum atomic E-state index is -0.657. The Morgan fingerprint density at radius 1 is 1.16 bits per heavy atom. The lowest BCUT2D eigenvalue weighted by molar-refractivity contribution is 0.302. The Hall–Kier alpha value is -2.17. The molecule has 0 bridgehead atoms. The number of hydrogen-bond acceptors (Lipinski definition) is 3. The Bertz CT molecular complexity index is 523. The molecule has 2 rings (SSSR count). The fraction of sp³-hybridized carbons (Fsp3) is 0.214. The van der Waals surface area contributed by atoms with Crippen LogP contribution in [0.5, 0.6) is 5.75 Å². The van der Waals surface area contributed by atoms with Crippen LogP contribution in [0, 0.1) is 11.6 Å². The van der Waals surface area contributed by atoms with E-state index in [1.165, 1.54) is 0 Å². The van der Waals surface area contributed by atoms with Crippen molar-refractivity contribution in [2.75, 3.05) is 11.9 Å². The van der Waals surface area contributed by atoms with Crippen LogP contribution in [0.4, 0.5) is 14.6 Å². The van der Waals surface area contributed by atoms with Gasteiger partial charge in [0.1, 0.15) is 29.8 Å². The van der Waals surface area contributed by atoms with E-state index in [0.717, 1.165) is 36.1 Å². The summed E-state index contributed by atoms with van der Waals surface area (Å²) >= 11 is 0. The largest absolute Gasteiger partial charge is 0.489 e. The molecule has 0 spiro atoms. The molecule has 5 heteroatoms. The van der Waals surface area contributed by atoms with Crippen LogP contribution in [0.15, 0.2) is 36.5 Å². The summed E-state index contributed by atoms with van der Waals surface area (Å²) in [5, 5.41) is 3.07. The predicted octanol–water partition coefficient (Wildman–Crippen LogP) is 3.37. The first-order chi connectivity index (χ1) is 9.17. The van der Waals surface area contributed by atoms with Gasteiger partial charge in [0.2, 0.25) is 0 Å². The molecule has 0 aliphatic rings. The van der Waals surface area contributed by atoms with Crippen LogP contribution < -0.4 is 10.1 Å². The standard InChI is InChI=1S/C14H14F2N2O/c1-2-17-14-4-3-10(8-18-14)9-19-13-6-11(15)5-12(16)7-13/h3-8H,2,9H2,1H3,(H,17,18). The number of aromatic nitrogens is 1. The third kappa shape index (κ3) is 3.91. The van der Waals surface area contributed by atoms with Crippen molar-refractivity contribution in [2.24, 2.45) is 0 Å². The molecule has 0 atom stereocenters. The van der Waals surface area contributed by atoms with Crippen molar-refractivity contribution in [3.05, 3.63) is 53.7 Å². The third-order valence-corrected chi connectivity index (χ3v) is 2.42. The highest BCUT2D eigenvalue weighted by atomic mass is 19.1. The summed E-state index contributed by atoms with van der Waals surface area (Å²) < 4.78 is 31.2. The number of pyridine rings is 1. The highest BCUT2D eigenvalue weighted by Gasteiger charge is 2.02. The SMILES string of the molecule is CCNc1ccc(COc2cc(F)cc(F)c2)cn1. The van der Waals surface area contributed by atoms with Gasteiger partial charge in [-0.25, -0.2) is 13.8 Å². The Kier molecular flexibility index (Phi) is 4.28. The second-order valence-electron chi connectivity index (χ2n) is 3.98. The summed E-state index contributed by atoms with van der Waals surface area (Å²) in [5.74, 6) is -0.373. The molecule has 0 aliphatic heterocycles. The number of benzene rings is 1. The molecule has 0 radical (unpaired) electrons. The van der Waals surface area contributed by atoms with Crippen molar-refractivity contribution in [1.29, 1.82) is 0 Å². The fourth-order valence-electron chi connectivity index (χ4n) is 1.57. The molecule has 1 aromatic carbocycles. The first-order valence-corrected chi connectivity index (χ1v) is 5.95. The van der Waals surface area contributed by atoms with Gasteiger partial charge >= 0.3 is 0 Å². The lowest BCUT2D eigenvalue weighted by Crippen LogP contribution is -2.01. The molecule has 0 fully saturated rings. The molecule has 1 aromatic heterocycles. The summed E-state index contributed by atoms with van der Waals surface area (Å²) in [7, 11) is 0. The zero-order chi connectivity index (χ0) is 13.7. The zero-order valence-electron chi connectivity index (χ0n) is 10.5. The predicted molar refractivity (Wildman–Crippen MR) is 69.1 cm³/mol. The van der Waals surface area contributed by atoms with E-state index in [-0.39, 0.29) is 12.4 Å². The molecule has 1 N–H and O–H groups in total. The number of anilines is 1. The van der Waals surface area contributed by atoms with Gasteiger partial charge < -0.3 is 10.1 Å². The van der Waals surface area contributed by atoms with Gasteiger partial charge in [-0.15, -0.1) is 0 Å². The summed E-state index contributed by atoms with van der Waals surface area (Å²) in [6, 6.07) is 6.77. The van der Waals surface area contributed by atoms with E-state index >= 15 is 0 Å². The summed E-state index contributed by atoms with van der Waals surface area (Å²) in [6.45, 7) is 2.99. The van der Waals surface area contributed by atoms with E-state index in [0.29, 0.717) is 0 Å². The smallest absolute Gasteiger partial charge is 0.129 e. The molecule has 0 saturated heterocycles. The maximum Gasteiger partial charge on any atom is 0.129 e. The van der Waals surface area contributed by atoms with Gasteiger partial charge in [0.15, 0.2) is 0 Å². The number of ether oxygens (including phenoxy) is 1. The Morgan fingerprint density at radius 2 is 1.89 bits per heavy atom. The van der Waals surface area contributed by atoms with Gasteiger partial charge in [0.25, 0.3) is 0 Å². The molecule has 19 heavy (non-hydrogen) atoms. The summed E-state index contributed by atoms with van der Waals surface area (Å²) in [4.78, 5) is 4.18. The summed E-state index contributed by atoms with van der Waals surface area (Å²) in [6.07, 6.45) is 1.66. The number of halogens is 2. The van der Waals surface area contributed by atoms with Gasteiger partial charge in [-0.3, -0.25) is 0 Å². The number of nitrogens with zero attached hydrogens (tertiary/aromatic N) is 1.